The van der Waals surface area contributed by atoms with Crippen LogP contribution in [0.2, 0.25) is 5.02 Å². The summed E-state index contributed by atoms with van der Waals surface area (Å²) in [6, 6.07) is 13.4. The molecule has 3 aliphatic rings. The second kappa shape index (κ2) is 10.6. The van der Waals surface area contributed by atoms with Crippen molar-refractivity contribution >= 4 is 34.0 Å². The number of aliphatic hydroxyl groups excluding tert-OH is 1. The van der Waals surface area contributed by atoms with Crippen molar-refractivity contribution in [3.05, 3.63) is 69.2 Å². The maximum absolute atomic E-state index is 13.4. The van der Waals surface area contributed by atoms with E-state index in [1.807, 2.05) is 63.2 Å². The lowest BCUT2D eigenvalue weighted by atomic mass is 9.94. The van der Waals surface area contributed by atoms with Crippen LogP contribution in [-0.4, -0.2) is 46.9 Å². The third-order valence-electron chi connectivity index (χ3n) is 7.17. The number of fused-ring (bicyclic) bond motifs is 1. The maximum Gasteiger partial charge on any atom is 0.236 e. The Kier molecular flexibility index (Phi) is 7.45. The monoisotopic (exact) mass is 541 g/mol. The van der Waals surface area contributed by atoms with Crippen molar-refractivity contribution in [2.24, 2.45) is 0 Å². The normalized spacial score (nSPS) is 20.2. The van der Waals surface area contributed by atoms with Crippen molar-refractivity contribution < 1.29 is 19.4 Å². The number of carbonyl (C=O) groups is 1. The van der Waals surface area contributed by atoms with Gasteiger partial charge in [-0.15, -0.1) is 0 Å². The summed E-state index contributed by atoms with van der Waals surface area (Å²) in [6.45, 7) is 7.51. The fourth-order valence-electron chi connectivity index (χ4n) is 5.10. The van der Waals surface area contributed by atoms with Gasteiger partial charge in [0.2, 0.25) is 12.7 Å². The van der Waals surface area contributed by atoms with Crippen molar-refractivity contribution in [1.82, 2.24) is 9.88 Å². The fourth-order valence-corrected chi connectivity index (χ4v) is 6.46. The number of thiazole rings is 1. The van der Waals surface area contributed by atoms with E-state index < -0.39 is 5.41 Å². The Morgan fingerprint density at radius 3 is 2.68 bits per heavy atom. The van der Waals surface area contributed by atoms with Gasteiger partial charge >= 0.3 is 0 Å². The third-order valence-corrected chi connectivity index (χ3v) is 8.64. The Morgan fingerprint density at radius 2 is 1.97 bits per heavy atom. The van der Waals surface area contributed by atoms with Crippen LogP contribution in [0, 0.1) is 6.92 Å². The topological polar surface area (TPSA) is 83.9 Å². The summed E-state index contributed by atoms with van der Waals surface area (Å²) < 4.78 is 10.9. The molecule has 9 heteroatoms. The van der Waals surface area contributed by atoms with E-state index in [0.717, 1.165) is 47.5 Å². The predicted octanol–water partition coefficient (Wildman–Crippen LogP) is 5.69. The summed E-state index contributed by atoms with van der Waals surface area (Å²) >= 11 is 8.09. The largest absolute Gasteiger partial charge is 0.454 e. The number of aromatic nitrogens is 1. The first-order valence-corrected chi connectivity index (χ1v) is 14.0. The zero-order valence-electron chi connectivity index (χ0n) is 21.3. The average molecular weight is 542 g/mol. The highest BCUT2D eigenvalue weighted by atomic mass is 35.5. The maximum atomic E-state index is 13.4. The van der Waals surface area contributed by atoms with E-state index >= 15 is 0 Å². The molecular formula is C28H32ClN3O4S. The van der Waals surface area contributed by atoms with Gasteiger partial charge in [-0.2, -0.15) is 0 Å². The minimum atomic E-state index is -0.568. The van der Waals surface area contributed by atoms with E-state index in [4.69, 9.17) is 26.1 Å². The van der Waals surface area contributed by atoms with Gasteiger partial charge in [0, 0.05) is 18.1 Å². The summed E-state index contributed by atoms with van der Waals surface area (Å²) in [6.07, 6.45) is 1.93. The van der Waals surface area contributed by atoms with Crippen LogP contribution in [0.15, 0.2) is 42.5 Å². The molecule has 37 heavy (non-hydrogen) atoms. The molecule has 6 rings (SSSR count). The van der Waals surface area contributed by atoms with Gasteiger partial charge in [-0.1, -0.05) is 61.1 Å². The molecule has 196 valence electrons. The molecule has 1 aliphatic carbocycles. The third kappa shape index (κ3) is 4.95. The van der Waals surface area contributed by atoms with E-state index in [9.17, 15) is 9.90 Å². The van der Waals surface area contributed by atoms with E-state index in [-0.39, 0.29) is 24.8 Å². The number of aryl methyl sites for hydroxylation is 1. The number of nitrogens with one attached hydrogen (secondary N) is 1. The number of aliphatic hydroxyl groups is 1. The number of β-amino-alcohol motifs (C(OH)–C–C–N with tert-alkyl or cyclic N) is 1. The number of nitrogens with zero attached hydrogens (tertiary/aromatic N) is 2. The molecule has 2 aliphatic heterocycles. The number of ether oxygens (including phenoxy) is 2. The molecule has 0 radical (unpaired) electrons. The van der Waals surface area contributed by atoms with E-state index in [1.165, 1.54) is 11.3 Å². The molecule has 3 aromatic rings. The van der Waals surface area contributed by atoms with Crippen LogP contribution < -0.4 is 14.8 Å². The van der Waals surface area contributed by atoms with E-state index in [2.05, 4.69) is 10.2 Å². The number of benzene rings is 2. The van der Waals surface area contributed by atoms with Gasteiger partial charge in [0.1, 0.15) is 0 Å². The molecule has 1 amide bonds. The van der Waals surface area contributed by atoms with Crippen LogP contribution in [0.25, 0.3) is 0 Å². The number of carbonyl (C=O) groups excluding carboxylic acids is 1. The number of anilines is 1. The number of hydrogen-bond acceptors (Lipinski definition) is 7. The number of hydrogen-bond donors (Lipinski definition) is 2. The number of halogens is 1. The Morgan fingerprint density at radius 1 is 1.22 bits per heavy atom. The molecule has 2 N–H and O–H groups in total. The Balaban J connectivity index is 0.00000137. The van der Waals surface area contributed by atoms with Gasteiger partial charge in [-0.05, 0) is 55.5 Å². The van der Waals surface area contributed by atoms with Crippen LogP contribution in [0.5, 0.6) is 11.5 Å². The second-order valence-corrected chi connectivity index (χ2v) is 10.9. The van der Waals surface area contributed by atoms with Crippen molar-refractivity contribution in [3.8, 4) is 11.5 Å². The molecule has 1 saturated heterocycles. The fraction of sp³-hybridized carbons (Fsp3) is 0.429. The van der Waals surface area contributed by atoms with Gasteiger partial charge in [0.25, 0.3) is 0 Å². The molecule has 1 saturated carbocycles. The van der Waals surface area contributed by atoms with Crippen LogP contribution in [0.4, 0.5) is 5.13 Å². The number of rotatable bonds is 6. The lowest BCUT2D eigenvalue weighted by Gasteiger charge is -2.28. The molecule has 7 nitrogen and oxygen atoms in total. The zero-order valence-corrected chi connectivity index (χ0v) is 22.9. The Hall–Kier alpha value is -2.65. The summed E-state index contributed by atoms with van der Waals surface area (Å²) in [4.78, 5) is 21.4. The van der Waals surface area contributed by atoms with E-state index in [0.29, 0.717) is 28.2 Å². The Bertz CT molecular complexity index is 1290. The van der Waals surface area contributed by atoms with Crippen LogP contribution in [0.3, 0.4) is 0 Å². The van der Waals surface area contributed by atoms with Crippen molar-refractivity contribution in [3.63, 3.8) is 0 Å². The average Bonchev–Trinajstić information content (AvgIpc) is 3.18. The summed E-state index contributed by atoms with van der Waals surface area (Å²) in [7, 11) is 0. The minimum Gasteiger partial charge on any atom is -0.454 e. The highest BCUT2D eigenvalue weighted by Crippen LogP contribution is 2.51. The molecule has 0 bridgehead atoms. The smallest absolute Gasteiger partial charge is 0.236 e. The summed E-state index contributed by atoms with van der Waals surface area (Å²) in [5, 5.41) is 14.5. The lowest BCUT2D eigenvalue weighted by molar-refractivity contribution is -0.118. The van der Waals surface area contributed by atoms with Crippen LogP contribution >= 0.6 is 22.9 Å². The van der Waals surface area contributed by atoms with Gasteiger partial charge in [0.15, 0.2) is 16.6 Å². The lowest BCUT2D eigenvalue weighted by Crippen LogP contribution is -2.28. The second-order valence-electron chi connectivity index (χ2n) is 9.43. The van der Waals surface area contributed by atoms with E-state index in [1.54, 1.807) is 0 Å². The molecular weight excluding hydrogens is 510 g/mol. The highest BCUT2D eigenvalue weighted by Gasteiger charge is 2.52. The molecule has 0 spiro atoms. The first kappa shape index (κ1) is 26.0. The van der Waals surface area contributed by atoms with Crippen LogP contribution in [0.1, 0.15) is 60.8 Å². The zero-order chi connectivity index (χ0) is 26.2. The molecule has 2 atom stereocenters. The SMILES string of the molecule is CC.Cc1nc(NC(=O)C2(c3ccc4c(c3)OCO4)CC2)sc1C(c1ccccc1Cl)N1CC[C@H](O)C1. The number of likely N-dealkylation sites (tertiary alicyclic amines) is 1. The first-order chi connectivity index (χ1) is 17.9. The molecule has 2 aromatic carbocycles. The van der Waals surface area contributed by atoms with Gasteiger partial charge in [-0.3, -0.25) is 9.69 Å². The Labute approximate surface area is 226 Å². The molecule has 1 unspecified atom stereocenters. The standard InChI is InChI=1S/C26H26ClN3O4S.C2H6/c1-15-23(22(30-11-8-17(31)13-30)18-4-2-3-5-19(18)27)35-25(28-15)29-24(32)26(9-10-26)16-6-7-20-21(12-16)34-14-33-20;1-2/h2-7,12,17,22,31H,8-11,13-14H2,1H3,(H,28,29,32);1-2H3/t17-,22?;/m0./s1. The van der Waals surface area contributed by atoms with Gasteiger partial charge in [-0.25, -0.2) is 4.98 Å². The van der Waals surface area contributed by atoms with Gasteiger partial charge in [0.05, 0.1) is 28.1 Å². The molecule has 3 heterocycles. The summed E-state index contributed by atoms with van der Waals surface area (Å²) in [5.41, 5.74) is 2.20. The van der Waals surface area contributed by atoms with Crippen LogP contribution in [-0.2, 0) is 10.2 Å². The quantitative estimate of drug-likeness (QED) is 0.417. The number of amides is 1. The predicted molar refractivity (Wildman–Crippen MR) is 146 cm³/mol. The van der Waals surface area contributed by atoms with Gasteiger partial charge < -0.3 is 19.9 Å². The van der Waals surface area contributed by atoms with Crippen molar-refractivity contribution in [2.45, 2.75) is 57.6 Å². The van der Waals surface area contributed by atoms with Crippen molar-refractivity contribution in [1.29, 1.82) is 0 Å². The highest BCUT2D eigenvalue weighted by molar-refractivity contribution is 7.16. The summed E-state index contributed by atoms with van der Waals surface area (Å²) in [5.74, 6) is 1.34. The first-order valence-electron chi connectivity index (χ1n) is 12.8. The minimum absolute atomic E-state index is 0.0532. The molecule has 1 aromatic heterocycles. The van der Waals surface area contributed by atoms with Crippen molar-refractivity contribution in [2.75, 3.05) is 25.2 Å². The molecule has 2 fully saturated rings.